The summed E-state index contributed by atoms with van der Waals surface area (Å²) in [6.07, 6.45) is 3.80. The summed E-state index contributed by atoms with van der Waals surface area (Å²) in [5.41, 5.74) is 2.95. The molecule has 1 saturated carbocycles. The van der Waals surface area contributed by atoms with E-state index in [0.717, 1.165) is 55.6 Å². The van der Waals surface area contributed by atoms with Crippen molar-refractivity contribution in [2.75, 3.05) is 18.4 Å². The van der Waals surface area contributed by atoms with E-state index in [1.165, 1.54) is 0 Å². The zero-order valence-electron chi connectivity index (χ0n) is 16.9. The fourth-order valence-electron chi connectivity index (χ4n) is 3.98. The average molecular weight is 392 g/mol. The largest absolute Gasteiger partial charge is 0.353 e. The molecule has 29 heavy (non-hydrogen) atoms. The molecular weight excluding hydrogens is 362 g/mol. The number of benzene rings is 2. The number of piperidine rings is 1. The van der Waals surface area contributed by atoms with E-state index in [1.54, 1.807) is 0 Å². The molecular formula is C24H29N3O2. The first-order valence-electron chi connectivity index (χ1n) is 10.6. The second kappa shape index (κ2) is 8.78. The fourth-order valence-corrected chi connectivity index (χ4v) is 3.98. The van der Waals surface area contributed by atoms with E-state index >= 15 is 0 Å². The summed E-state index contributed by atoms with van der Waals surface area (Å²) in [6.45, 7) is 3.51. The highest BCUT2D eigenvalue weighted by Gasteiger charge is 2.34. The van der Waals surface area contributed by atoms with Gasteiger partial charge in [0.2, 0.25) is 11.8 Å². The Morgan fingerprint density at radius 3 is 2.21 bits per heavy atom. The number of carbonyl (C=O) groups is 2. The van der Waals surface area contributed by atoms with Gasteiger partial charge < -0.3 is 10.6 Å². The fraction of sp³-hybridized carbons (Fsp3) is 0.417. The number of likely N-dealkylation sites (tertiary alicyclic amines) is 1. The number of nitrogens with one attached hydrogen (secondary N) is 2. The maximum Gasteiger partial charge on any atom is 0.246 e. The number of anilines is 1. The molecule has 0 spiro atoms. The van der Waals surface area contributed by atoms with Crippen molar-refractivity contribution in [1.29, 1.82) is 0 Å². The van der Waals surface area contributed by atoms with E-state index in [0.29, 0.717) is 6.04 Å². The van der Waals surface area contributed by atoms with Gasteiger partial charge in [0, 0.05) is 17.6 Å². The van der Waals surface area contributed by atoms with E-state index in [-0.39, 0.29) is 23.8 Å². The first kappa shape index (κ1) is 19.6. The lowest BCUT2D eigenvalue weighted by Crippen LogP contribution is -2.45. The Kier molecular flexibility index (Phi) is 5.95. The first-order chi connectivity index (χ1) is 14.1. The highest BCUT2D eigenvalue weighted by Crippen LogP contribution is 2.29. The van der Waals surface area contributed by atoms with Gasteiger partial charge in [0.25, 0.3) is 0 Å². The summed E-state index contributed by atoms with van der Waals surface area (Å²) in [6, 6.07) is 17.8. The quantitative estimate of drug-likeness (QED) is 0.790. The van der Waals surface area contributed by atoms with Gasteiger partial charge in [-0.2, -0.15) is 0 Å². The van der Waals surface area contributed by atoms with E-state index in [1.807, 2.05) is 61.5 Å². The molecule has 2 aromatic rings. The number of rotatable bonds is 6. The molecule has 0 radical (unpaired) electrons. The Hall–Kier alpha value is -2.66. The Morgan fingerprint density at radius 2 is 1.59 bits per heavy atom. The summed E-state index contributed by atoms with van der Waals surface area (Å²) < 4.78 is 0. The van der Waals surface area contributed by atoms with Crippen LogP contribution in [0.3, 0.4) is 0 Å². The summed E-state index contributed by atoms with van der Waals surface area (Å²) in [5, 5.41) is 6.20. The van der Waals surface area contributed by atoms with Crippen molar-refractivity contribution < 1.29 is 9.59 Å². The van der Waals surface area contributed by atoms with Gasteiger partial charge in [-0.15, -0.1) is 0 Å². The third-order valence-electron chi connectivity index (χ3n) is 5.87. The third kappa shape index (κ3) is 5.04. The molecule has 2 fully saturated rings. The number of amides is 2. The van der Waals surface area contributed by atoms with Crippen LogP contribution in [-0.2, 0) is 9.59 Å². The van der Waals surface area contributed by atoms with Gasteiger partial charge in [-0.3, -0.25) is 14.5 Å². The van der Waals surface area contributed by atoms with Gasteiger partial charge in [0.05, 0.1) is 0 Å². The van der Waals surface area contributed by atoms with Crippen molar-refractivity contribution in [3.05, 3.63) is 65.7 Å². The molecule has 1 unspecified atom stereocenters. The summed E-state index contributed by atoms with van der Waals surface area (Å²) in [4.78, 5) is 27.8. The molecule has 5 heteroatoms. The smallest absolute Gasteiger partial charge is 0.246 e. The molecule has 0 bridgehead atoms. The van der Waals surface area contributed by atoms with Crippen molar-refractivity contribution in [1.82, 2.24) is 10.2 Å². The molecule has 4 rings (SSSR count). The average Bonchev–Trinajstić information content (AvgIpc) is 3.55. The molecule has 1 aliphatic carbocycles. The Labute approximate surface area is 172 Å². The van der Waals surface area contributed by atoms with Crippen LogP contribution in [0.4, 0.5) is 5.69 Å². The maximum absolute atomic E-state index is 13.2. The highest BCUT2D eigenvalue weighted by atomic mass is 16.2. The van der Waals surface area contributed by atoms with E-state index in [9.17, 15) is 9.59 Å². The minimum atomic E-state index is -0.357. The van der Waals surface area contributed by atoms with Crippen LogP contribution in [0.2, 0.25) is 0 Å². The lowest BCUT2D eigenvalue weighted by Gasteiger charge is -2.36. The number of aryl methyl sites for hydroxylation is 1. The van der Waals surface area contributed by atoms with Gasteiger partial charge in [0.15, 0.2) is 0 Å². The monoisotopic (exact) mass is 391 g/mol. The Balaban J connectivity index is 1.45. The molecule has 152 valence electrons. The number of hydrogen-bond donors (Lipinski definition) is 2. The van der Waals surface area contributed by atoms with Crippen LogP contribution in [0.5, 0.6) is 0 Å². The maximum atomic E-state index is 13.2. The summed E-state index contributed by atoms with van der Waals surface area (Å²) >= 11 is 0. The zero-order chi connectivity index (χ0) is 20.2. The molecule has 1 saturated heterocycles. The number of nitrogens with zero attached hydrogens (tertiary/aromatic N) is 1. The van der Waals surface area contributed by atoms with Crippen molar-refractivity contribution in [2.24, 2.45) is 5.92 Å². The molecule has 2 N–H and O–H groups in total. The molecule has 2 aliphatic rings. The Morgan fingerprint density at radius 1 is 0.931 bits per heavy atom. The molecule has 1 aliphatic heterocycles. The second-order valence-electron chi connectivity index (χ2n) is 8.26. The molecule has 1 atom stereocenters. The number of hydrogen-bond acceptors (Lipinski definition) is 3. The van der Waals surface area contributed by atoms with Gasteiger partial charge in [-0.25, -0.2) is 0 Å². The van der Waals surface area contributed by atoms with Crippen molar-refractivity contribution in [3.8, 4) is 0 Å². The normalized spacial score (nSPS) is 18.8. The predicted octanol–water partition coefficient (Wildman–Crippen LogP) is 3.67. The van der Waals surface area contributed by atoms with Crippen LogP contribution < -0.4 is 10.6 Å². The van der Waals surface area contributed by atoms with Crippen LogP contribution in [0.15, 0.2) is 54.6 Å². The molecule has 2 aromatic carbocycles. The van der Waals surface area contributed by atoms with E-state index in [2.05, 4.69) is 15.5 Å². The lowest BCUT2D eigenvalue weighted by molar-refractivity contribution is -0.127. The molecule has 5 nitrogen and oxygen atoms in total. The topological polar surface area (TPSA) is 61.4 Å². The predicted molar refractivity (Wildman–Crippen MR) is 114 cm³/mol. The van der Waals surface area contributed by atoms with Crippen LogP contribution in [0, 0.1) is 12.8 Å². The van der Waals surface area contributed by atoms with E-state index < -0.39 is 0 Å². The summed E-state index contributed by atoms with van der Waals surface area (Å²) in [5.74, 6) is 0.219. The minimum absolute atomic E-state index is 0.0269. The van der Waals surface area contributed by atoms with Crippen molar-refractivity contribution in [2.45, 2.75) is 44.7 Å². The van der Waals surface area contributed by atoms with Crippen molar-refractivity contribution >= 4 is 17.5 Å². The molecule has 0 aromatic heterocycles. The molecule has 2 amide bonds. The van der Waals surface area contributed by atoms with Gasteiger partial charge >= 0.3 is 0 Å². The molecule has 1 heterocycles. The standard InChI is InChI=1S/C24H29N3O2/c1-17-7-9-20(10-8-17)26-24(29)22(18-5-3-2-4-6-18)27-15-13-19(14-16-27)23(28)25-21-11-12-21/h2-10,19,21-22H,11-16H2,1H3,(H,25,28)(H,26,29). The minimum Gasteiger partial charge on any atom is -0.353 e. The van der Waals surface area contributed by atoms with E-state index in [4.69, 9.17) is 0 Å². The third-order valence-corrected chi connectivity index (χ3v) is 5.87. The van der Waals surface area contributed by atoms with Gasteiger partial charge in [-0.1, -0.05) is 48.0 Å². The number of carbonyl (C=O) groups excluding carboxylic acids is 2. The lowest BCUT2D eigenvalue weighted by atomic mass is 9.93. The summed E-state index contributed by atoms with van der Waals surface area (Å²) in [7, 11) is 0. The van der Waals surface area contributed by atoms with Crippen LogP contribution in [0.1, 0.15) is 42.9 Å². The van der Waals surface area contributed by atoms with Crippen LogP contribution in [-0.4, -0.2) is 35.8 Å². The first-order valence-corrected chi connectivity index (χ1v) is 10.6. The Bertz CT molecular complexity index is 838. The van der Waals surface area contributed by atoms with Crippen LogP contribution in [0.25, 0.3) is 0 Å². The second-order valence-corrected chi connectivity index (χ2v) is 8.26. The SMILES string of the molecule is Cc1ccc(NC(=O)C(c2ccccc2)N2CCC(C(=O)NC3CC3)CC2)cc1. The highest BCUT2D eigenvalue weighted by molar-refractivity contribution is 5.95. The van der Waals surface area contributed by atoms with Gasteiger partial charge in [0.1, 0.15) is 6.04 Å². The van der Waals surface area contributed by atoms with Crippen LogP contribution >= 0.6 is 0 Å². The van der Waals surface area contributed by atoms with Gasteiger partial charge in [-0.05, 0) is 63.4 Å². The zero-order valence-corrected chi connectivity index (χ0v) is 16.9. The van der Waals surface area contributed by atoms with Crippen molar-refractivity contribution in [3.63, 3.8) is 0 Å².